The minimum atomic E-state index is -0.103. The summed E-state index contributed by atoms with van der Waals surface area (Å²) in [5, 5.41) is 6.68. The first kappa shape index (κ1) is 16.3. The molecule has 2 aromatic heterocycles. The number of nitrogens with one attached hydrogen (secondary N) is 1. The third kappa shape index (κ3) is 4.04. The standard InChI is InChI=1S/C17H22N4O3/c22-16(6-1-4-14-12-18-19-13-14)20-7-3-8-21(10-9-20)17(23)15-5-2-11-24-15/h2,5,11-13H,1,3-4,6-10H2,(H,18,19). The van der Waals surface area contributed by atoms with Crippen molar-refractivity contribution in [3.05, 3.63) is 42.1 Å². The minimum absolute atomic E-state index is 0.103. The number of aromatic nitrogens is 2. The summed E-state index contributed by atoms with van der Waals surface area (Å²) in [4.78, 5) is 28.3. The number of carbonyl (C=O) groups is 2. The first-order valence-electron chi connectivity index (χ1n) is 8.32. The number of aryl methyl sites for hydroxylation is 1. The summed E-state index contributed by atoms with van der Waals surface area (Å²) in [7, 11) is 0. The Morgan fingerprint density at radius 2 is 2.04 bits per heavy atom. The van der Waals surface area contributed by atoms with Gasteiger partial charge in [-0.2, -0.15) is 5.10 Å². The average molecular weight is 330 g/mol. The molecule has 1 aliphatic rings. The topological polar surface area (TPSA) is 82.4 Å². The van der Waals surface area contributed by atoms with Gasteiger partial charge in [-0.3, -0.25) is 14.7 Å². The Morgan fingerprint density at radius 3 is 2.79 bits per heavy atom. The molecule has 2 aromatic rings. The zero-order valence-electron chi connectivity index (χ0n) is 13.6. The molecule has 0 radical (unpaired) electrons. The third-order valence-electron chi connectivity index (χ3n) is 4.28. The van der Waals surface area contributed by atoms with Crippen LogP contribution in [0.4, 0.5) is 0 Å². The fraction of sp³-hybridized carbons (Fsp3) is 0.471. The Balaban J connectivity index is 1.46. The van der Waals surface area contributed by atoms with Gasteiger partial charge in [-0.15, -0.1) is 0 Å². The van der Waals surface area contributed by atoms with Gasteiger partial charge in [0.15, 0.2) is 5.76 Å². The molecule has 2 amide bonds. The molecular formula is C17H22N4O3. The molecule has 3 rings (SSSR count). The smallest absolute Gasteiger partial charge is 0.289 e. The van der Waals surface area contributed by atoms with E-state index in [-0.39, 0.29) is 11.8 Å². The molecule has 7 heteroatoms. The van der Waals surface area contributed by atoms with Crippen LogP contribution in [-0.4, -0.2) is 58.0 Å². The summed E-state index contributed by atoms with van der Waals surface area (Å²) in [6.07, 6.45) is 8.12. The van der Waals surface area contributed by atoms with Gasteiger partial charge in [-0.1, -0.05) is 0 Å². The number of carbonyl (C=O) groups excluding carboxylic acids is 2. The molecular weight excluding hydrogens is 308 g/mol. The van der Waals surface area contributed by atoms with E-state index < -0.39 is 0 Å². The van der Waals surface area contributed by atoms with E-state index in [1.807, 2.05) is 11.1 Å². The summed E-state index contributed by atoms with van der Waals surface area (Å²) in [5.74, 6) is 0.412. The number of rotatable bonds is 5. The Bertz CT molecular complexity index is 651. The zero-order valence-corrected chi connectivity index (χ0v) is 13.6. The lowest BCUT2D eigenvalue weighted by Crippen LogP contribution is -2.37. The number of hydrogen-bond acceptors (Lipinski definition) is 4. The first-order valence-corrected chi connectivity index (χ1v) is 8.32. The van der Waals surface area contributed by atoms with E-state index in [1.165, 1.54) is 6.26 Å². The maximum Gasteiger partial charge on any atom is 0.289 e. The highest BCUT2D eigenvalue weighted by Crippen LogP contribution is 2.11. The summed E-state index contributed by atoms with van der Waals surface area (Å²) in [5.41, 5.74) is 1.12. The van der Waals surface area contributed by atoms with Gasteiger partial charge in [-0.05, 0) is 37.0 Å². The number of nitrogens with zero attached hydrogens (tertiary/aromatic N) is 3. The molecule has 128 valence electrons. The van der Waals surface area contributed by atoms with Crippen molar-refractivity contribution < 1.29 is 14.0 Å². The van der Waals surface area contributed by atoms with Crippen molar-refractivity contribution in [2.75, 3.05) is 26.2 Å². The third-order valence-corrected chi connectivity index (χ3v) is 4.28. The van der Waals surface area contributed by atoms with Gasteiger partial charge in [0.2, 0.25) is 5.91 Å². The molecule has 0 unspecified atom stereocenters. The summed E-state index contributed by atoms with van der Waals surface area (Å²) in [6.45, 7) is 2.48. The van der Waals surface area contributed by atoms with Gasteiger partial charge in [0.25, 0.3) is 5.91 Å². The lowest BCUT2D eigenvalue weighted by Gasteiger charge is -2.21. The summed E-state index contributed by atoms with van der Waals surface area (Å²) >= 11 is 0. The van der Waals surface area contributed by atoms with Gasteiger partial charge in [0, 0.05) is 38.8 Å². The fourth-order valence-electron chi connectivity index (χ4n) is 2.94. The molecule has 0 aliphatic carbocycles. The Labute approximate surface area is 140 Å². The highest BCUT2D eigenvalue weighted by molar-refractivity contribution is 5.91. The molecule has 1 fully saturated rings. The second kappa shape index (κ2) is 7.81. The van der Waals surface area contributed by atoms with Crippen LogP contribution in [-0.2, 0) is 11.2 Å². The average Bonchev–Trinajstić information content (AvgIpc) is 3.24. The van der Waals surface area contributed by atoms with Crippen LogP contribution in [0, 0.1) is 0 Å². The molecule has 3 heterocycles. The second-order valence-corrected chi connectivity index (χ2v) is 5.96. The van der Waals surface area contributed by atoms with Crippen LogP contribution < -0.4 is 0 Å². The second-order valence-electron chi connectivity index (χ2n) is 5.96. The van der Waals surface area contributed by atoms with E-state index in [1.54, 1.807) is 23.2 Å². The van der Waals surface area contributed by atoms with Crippen LogP contribution in [0.15, 0.2) is 35.2 Å². The van der Waals surface area contributed by atoms with E-state index >= 15 is 0 Å². The predicted molar refractivity (Wildman–Crippen MR) is 87.3 cm³/mol. The van der Waals surface area contributed by atoms with Gasteiger partial charge in [0.1, 0.15) is 0 Å². The largest absolute Gasteiger partial charge is 0.459 e. The number of furan rings is 1. The predicted octanol–water partition coefficient (Wildman–Crippen LogP) is 1.70. The molecule has 7 nitrogen and oxygen atoms in total. The monoisotopic (exact) mass is 330 g/mol. The maximum absolute atomic E-state index is 12.4. The van der Waals surface area contributed by atoms with Crippen LogP contribution in [0.3, 0.4) is 0 Å². The Kier molecular flexibility index (Phi) is 5.30. The molecule has 0 atom stereocenters. The molecule has 1 N–H and O–H groups in total. The van der Waals surface area contributed by atoms with Crippen molar-refractivity contribution in [1.29, 1.82) is 0 Å². The Hall–Kier alpha value is -2.57. The number of aromatic amines is 1. The van der Waals surface area contributed by atoms with Crippen LogP contribution in [0.25, 0.3) is 0 Å². The molecule has 1 aliphatic heterocycles. The van der Waals surface area contributed by atoms with E-state index in [0.717, 1.165) is 24.8 Å². The van der Waals surface area contributed by atoms with E-state index in [0.29, 0.717) is 38.4 Å². The molecule has 24 heavy (non-hydrogen) atoms. The lowest BCUT2D eigenvalue weighted by atomic mass is 10.1. The van der Waals surface area contributed by atoms with E-state index in [4.69, 9.17) is 4.42 Å². The molecule has 0 saturated carbocycles. The van der Waals surface area contributed by atoms with Crippen molar-refractivity contribution in [1.82, 2.24) is 20.0 Å². The molecule has 0 aromatic carbocycles. The summed E-state index contributed by atoms with van der Waals surface area (Å²) in [6, 6.07) is 3.38. The number of amides is 2. The van der Waals surface area contributed by atoms with Gasteiger partial charge in [0.05, 0.1) is 12.5 Å². The highest BCUT2D eigenvalue weighted by Gasteiger charge is 2.23. The first-order chi connectivity index (χ1) is 11.7. The van der Waals surface area contributed by atoms with Crippen molar-refractivity contribution in [2.45, 2.75) is 25.7 Å². The van der Waals surface area contributed by atoms with Crippen molar-refractivity contribution in [3.8, 4) is 0 Å². The number of H-pyrrole nitrogens is 1. The minimum Gasteiger partial charge on any atom is -0.459 e. The van der Waals surface area contributed by atoms with Gasteiger partial charge in [-0.25, -0.2) is 0 Å². The quantitative estimate of drug-likeness (QED) is 0.904. The van der Waals surface area contributed by atoms with Crippen molar-refractivity contribution >= 4 is 11.8 Å². The van der Waals surface area contributed by atoms with Crippen LogP contribution in [0.5, 0.6) is 0 Å². The van der Waals surface area contributed by atoms with E-state index in [9.17, 15) is 9.59 Å². The van der Waals surface area contributed by atoms with Gasteiger partial charge >= 0.3 is 0 Å². The number of hydrogen-bond donors (Lipinski definition) is 1. The zero-order chi connectivity index (χ0) is 16.8. The molecule has 0 bridgehead atoms. The summed E-state index contributed by atoms with van der Waals surface area (Å²) < 4.78 is 5.17. The highest BCUT2D eigenvalue weighted by atomic mass is 16.3. The van der Waals surface area contributed by atoms with Crippen molar-refractivity contribution in [2.24, 2.45) is 0 Å². The van der Waals surface area contributed by atoms with Crippen LogP contribution >= 0.6 is 0 Å². The van der Waals surface area contributed by atoms with Gasteiger partial charge < -0.3 is 14.2 Å². The normalized spacial score (nSPS) is 15.3. The van der Waals surface area contributed by atoms with Crippen LogP contribution in [0.2, 0.25) is 0 Å². The Morgan fingerprint density at radius 1 is 1.21 bits per heavy atom. The van der Waals surface area contributed by atoms with Crippen LogP contribution in [0.1, 0.15) is 35.4 Å². The van der Waals surface area contributed by atoms with E-state index in [2.05, 4.69) is 10.2 Å². The SMILES string of the molecule is O=C(CCCc1cn[nH]c1)N1CCCN(C(=O)c2ccco2)CC1. The fourth-order valence-corrected chi connectivity index (χ4v) is 2.94. The van der Waals surface area contributed by atoms with Crippen molar-refractivity contribution in [3.63, 3.8) is 0 Å². The molecule has 0 spiro atoms. The lowest BCUT2D eigenvalue weighted by molar-refractivity contribution is -0.131. The molecule has 1 saturated heterocycles. The maximum atomic E-state index is 12.4.